The summed E-state index contributed by atoms with van der Waals surface area (Å²) < 4.78 is 4.87. The minimum atomic E-state index is -0.496. The molecule has 1 amide bonds. The molecule has 0 aliphatic rings. The lowest BCUT2D eigenvalue weighted by Crippen LogP contribution is -2.12. The standard InChI is InChI=1S/C19H23N3O5S2/c1-4-27-17(23)10-14-11-29-19(20-14)21-18(24)13-5-6-16(15(9-13)22(25)26)28-8-7-12(2)3/h5-6,9,11-12H,4,7-8,10H2,1-3H3,(H,20,21,24). The number of thiazole rings is 1. The molecule has 2 aromatic rings. The largest absolute Gasteiger partial charge is 0.466 e. The van der Waals surface area contributed by atoms with Crippen molar-refractivity contribution in [2.45, 2.75) is 38.5 Å². The molecule has 1 aromatic heterocycles. The van der Waals surface area contributed by atoms with Gasteiger partial charge in [0, 0.05) is 17.0 Å². The Morgan fingerprint density at radius 2 is 2.14 bits per heavy atom. The number of nitrogens with one attached hydrogen (secondary N) is 1. The summed E-state index contributed by atoms with van der Waals surface area (Å²) in [4.78, 5) is 39.6. The quantitative estimate of drug-likeness (QED) is 0.251. The van der Waals surface area contributed by atoms with Crippen LogP contribution in [0.1, 0.15) is 43.2 Å². The monoisotopic (exact) mass is 437 g/mol. The first-order valence-corrected chi connectivity index (χ1v) is 11.0. The number of ether oxygens (including phenoxy) is 1. The van der Waals surface area contributed by atoms with Crippen LogP contribution >= 0.6 is 23.1 Å². The second-order valence-electron chi connectivity index (χ2n) is 6.55. The van der Waals surface area contributed by atoms with Crippen molar-refractivity contribution >= 4 is 45.8 Å². The molecule has 0 atom stereocenters. The number of rotatable bonds is 10. The number of hydrogen-bond donors (Lipinski definition) is 1. The molecule has 29 heavy (non-hydrogen) atoms. The van der Waals surface area contributed by atoms with Gasteiger partial charge in [0.05, 0.1) is 28.5 Å². The van der Waals surface area contributed by atoms with E-state index in [9.17, 15) is 19.7 Å². The molecule has 0 saturated heterocycles. The van der Waals surface area contributed by atoms with E-state index in [-0.39, 0.29) is 24.3 Å². The zero-order valence-electron chi connectivity index (χ0n) is 16.5. The SMILES string of the molecule is CCOC(=O)Cc1csc(NC(=O)c2ccc(SCCC(C)C)c([N+](=O)[O-])c2)n1. The number of amides is 1. The van der Waals surface area contributed by atoms with E-state index in [0.717, 1.165) is 12.2 Å². The zero-order chi connectivity index (χ0) is 21.4. The van der Waals surface area contributed by atoms with E-state index in [1.54, 1.807) is 24.4 Å². The topological polar surface area (TPSA) is 111 Å². The van der Waals surface area contributed by atoms with Crippen LogP contribution in [0.3, 0.4) is 0 Å². The molecule has 8 nitrogen and oxygen atoms in total. The number of thioether (sulfide) groups is 1. The van der Waals surface area contributed by atoms with Gasteiger partial charge in [0.15, 0.2) is 5.13 Å². The van der Waals surface area contributed by atoms with E-state index in [1.165, 1.54) is 29.2 Å². The van der Waals surface area contributed by atoms with Gasteiger partial charge in [-0.1, -0.05) is 13.8 Å². The van der Waals surface area contributed by atoms with Crippen LogP contribution in [0.2, 0.25) is 0 Å². The van der Waals surface area contributed by atoms with Gasteiger partial charge in [0.1, 0.15) is 0 Å². The van der Waals surface area contributed by atoms with Crippen LogP contribution in [0.15, 0.2) is 28.5 Å². The first-order valence-electron chi connectivity index (χ1n) is 9.12. The smallest absolute Gasteiger partial charge is 0.311 e. The molecule has 0 radical (unpaired) electrons. The highest BCUT2D eigenvalue weighted by Gasteiger charge is 2.19. The summed E-state index contributed by atoms with van der Waals surface area (Å²) in [6.45, 7) is 6.20. The van der Waals surface area contributed by atoms with Crippen molar-refractivity contribution in [2.24, 2.45) is 5.92 Å². The molecular weight excluding hydrogens is 414 g/mol. The number of carbonyl (C=O) groups excluding carboxylic acids is 2. The predicted octanol–water partition coefficient (Wildman–Crippen LogP) is 4.55. The Bertz CT molecular complexity index is 882. The van der Waals surface area contributed by atoms with Crippen LogP contribution in [0, 0.1) is 16.0 Å². The first-order chi connectivity index (χ1) is 13.8. The third-order valence-corrected chi connectivity index (χ3v) is 5.68. The van der Waals surface area contributed by atoms with Gasteiger partial charge >= 0.3 is 5.97 Å². The molecule has 0 spiro atoms. The second kappa shape index (κ2) is 10.9. The lowest BCUT2D eigenvalue weighted by molar-refractivity contribution is -0.387. The summed E-state index contributed by atoms with van der Waals surface area (Å²) in [5, 5.41) is 16.0. The normalized spacial score (nSPS) is 10.8. The van der Waals surface area contributed by atoms with E-state index >= 15 is 0 Å². The Morgan fingerprint density at radius 3 is 2.79 bits per heavy atom. The number of esters is 1. The van der Waals surface area contributed by atoms with E-state index in [0.29, 0.717) is 21.6 Å². The van der Waals surface area contributed by atoms with Crippen LogP contribution in [0.4, 0.5) is 10.8 Å². The van der Waals surface area contributed by atoms with Crippen LogP contribution < -0.4 is 5.32 Å². The van der Waals surface area contributed by atoms with Gasteiger partial charge in [-0.2, -0.15) is 0 Å². The van der Waals surface area contributed by atoms with Crippen molar-refractivity contribution in [3.05, 3.63) is 45.0 Å². The van der Waals surface area contributed by atoms with Crippen molar-refractivity contribution < 1.29 is 19.2 Å². The van der Waals surface area contributed by atoms with Crippen molar-refractivity contribution in [1.82, 2.24) is 4.98 Å². The molecule has 0 aliphatic heterocycles. The molecule has 156 valence electrons. The highest BCUT2D eigenvalue weighted by Crippen LogP contribution is 2.31. The first kappa shape index (κ1) is 22.8. The average molecular weight is 438 g/mol. The number of benzene rings is 1. The van der Waals surface area contributed by atoms with E-state index in [1.807, 2.05) is 0 Å². The Balaban J connectivity index is 2.07. The molecular formula is C19H23N3O5S2. The number of carbonyl (C=O) groups is 2. The number of anilines is 1. The maximum Gasteiger partial charge on any atom is 0.311 e. The fourth-order valence-corrected chi connectivity index (χ4v) is 4.26. The number of nitro groups is 1. The van der Waals surface area contributed by atoms with Crippen molar-refractivity contribution in [3.8, 4) is 0 Å². The highest BCUT2D eigenvalue weighted by atomic mass is 32.2. The number of nitrogens with zero attached hydrogens (tertiary/aromatic N) is 2. The van der Waals surface area contributed by atoms with Crippen LogP contribution in [-0.2, 0) is 16.0 Å². The average Bonchev–Trinajstić information content (AvgIpc) is 3.08. The van der Waals surface area contributed by atoms with E-state index < -0.39 is 16.8 Å². The van der Waals surface area contributed by atoms with E-state index in [4.69, 9.17) is 4.74 Å². The fraction of sp³-hybridized carbons (Fsp3) is 0.421. The molecule has 0 fully saturated rings. The maximum atomic E-state index is 12.5. The molecule has 0 saturated carbocycles. The Labute approximate surface area is 177 Å². The summed E-state index contributed by atoms with van der Waals surface area (Å²) in [5.74, 6) is 0.395. The molecule has 2 rings (SSSR count). The molecule has 1 N–H and O–H groups in total. The summed E-state index contributed by atoms with van der Waals surface area (Å²) in [6.07, 6.45) is 0.968. The van der Waals surface area contributed by atoms with Gasteiger partial charge in [-0.3, -0.25) is 25.0 Å². The van der Waals surface area contributed by atoms with Crippen LogP contribution in [0.5, 0.6) is 0 Å². The van der Waals surface area contributed by atoms with E-state index in [2.05, 4.69) is 24.1 Å². The predicted molar refractivity (Wildman–Crippen MR) is 114 cm³/mol. The zero-order valence-corrected chi connectivity index (χ0v) is 18.1. The third kappa shape index (κ3) is 7.13. The van der Waals surface area contributed by atoms with Crippen molar-refractivity contribution in [3.63, 3.8) is 0 Å². The molecule has 0 bridgehead atoms. The maximum absolute atomic E-state index is 12.5. The minimum Gasteiger partial charge on any atom is -0.466 e. The highest BCUT2D eigenvalue weighted by molar-refractivity contribution is 7.99. The molecule has 10 heteroatoms. The molecule has 0 unspecified atom stereocenters. The summed E-state index contributed by atoms with van der Waals surface area (Å²) in [5.41, 5.74) is 0.576. The second-order valence-corrected chi connectivity index (χ2v) is 8.55. The molecule has 1 aromatic carbocycles. The number of nitro benzene ring substituents is 1. The van der Waals surface area contributed by atoms with Gasteiger partial charge in [-0.25, -0.2) is 4.98 Å². The Morgan fingerprint density at radius 1 is 1.38 bits per heavy atom. The lowest BCUT2D eigenvalue weighted by Gasteiger charge is -2.07. The number of aromatic nitrogens is 1. The van der Waals surface area contributed by atoms with Gasteiger partial charge in [0.2, 0.25) is 0 Å². The fourth-order valence-electron chi connectivity index (χ4n) is 2.30. The van der Waals surface area contributed by atoms with Gasteiger partial charge in [0.25, 0.3) is 11.6 Å². The molecule has 1 heterocycles. The Hall–Kier alpha value is -2.46. The van der Waals surface area contributed by atoms with Crippen molar-refractivity contribution in [1.29, 1.82) is 0 Å². The van der Waals surface area contributed by atoms with Crippen LogP contribution in [0.25, 0.3) is 0 Å². The number of hydrogen-bond acceptors (Lipinski definition) is 8. The lowest BCUT2D eigenvalue weighted by atomic mass is 10.2. The third-order valence-electron chi connectivity index (χ3n) is 3.77. The summed E-state index contributed by atoms with van der Waals surface area (Å²) in [6, 6.07) is 4.44. The van der Waals surface area contributed by atoms with Gasteiger partial charge in [-0.15, -0.1) is 23.1 Å². The van der Waals surface area contributed by atoms with Gasteiger partial charge < -0.3 is 4.74 Å². The van der Waals surface area contributed by atoms with Crippen molar-refractivity contribution in [2.75, 3.05) is 17.7 Å². The Kier molecular flexibility index (Phi) is 8.59. The molecule has 0 aliphatic carbocycles. The minimum absolute atomic E-state index is 0.0218. The summed E-state index contributed by atoms with van der Waals surface area (Å²) in [7, 11) is 0. The summed E-state index contributed by atoms with van der Waals surface area (Å²) >= 11 is 2.58. The van der Waals surface area contributed by atoms with Gasteiger partial charge in [-0.05, 0) is 37.1 Å². The van der Waals surface area contributed by atoms with Crippen LogP contribution in [-0.4, -0.2) is 34.1 Å².